The van der Waals surface area contributed by atoms with E-state index in [1.165, 1.54) is 0 Å². The monoisotopic (exact) mass is 332 g/mol. The lowest BCUT2D eigenvalue weighted by Gasteiger charge is -2.26. The van der Waals surface area contributed by atoms with Gasteiger partial charge in [0.2, 0.25) is 5.91 Å². The first-order chi connectivity index (χ1) is 11.2. The van der Waals surface area contributed by atoms with Crippen molar-refractivity contribution < 1.29 is 14.7 Å². The predicted octanol–water partition coefficient (Wildman–Crippen LogP) is 2.51. The highest BCUT2D eigenvalue weighted by molar-refractivity contribution is 5.98. The highest BCUT2D eigenvalue weighted by Gasteiger charge is 2.25. The van der Waals surface area contributed by atoms with E-state index in [2.05, 4.69) is 5.32 Å². The number of aliphatic hydroxyl groups excluding tert-OH is 1. The summed E-state index contributed by atoms with van der Waals surface area (Å²) in [7, 11) is 0. The number of carbonyl (C=O) groups excluding carboxylic acids is 2. The molecule has 1 heterocycles. The molecule has 0 saturated carbocycles. The van der Waals surface area contributed by atoms with E-state index < -0.39 is 0 Å². The molecule has 0 aliphatic carbocycles. The van der Waals surface area contributed by atoms with Crippen LogP contribution in [0.3, 0.4) is 0 Å². The smallest absolute Gasteiger partial charge is 0.251 e. The fourth-order valence-electron chi connectivity index (χ4n) is 3.29. The quantitative estimate of drug-likeness (QED) is 0.841. The molecule has 5 nitrogen and oxygen atoms in total. The first-order valence-corrected chi connectivity index (χ1v) is 8.63. The Morgan fingerprint density at radius 1 is 1.38 bits per heavy atom. The first kappa shape index (κ1) is 18.5. The van der Waals surface area contributed by atoms with Crippen molar-refractivity contribution in [3.8, 4) is 0 Å². The van der Waals surface area contributed by atoms with Crippen LogP contribution in [-0.4, -0.2) is 36.1 Å². The number of aliphatic hydroxyl groups is 1. The van der Waals surface area contributed by atoms with Gasteiger partial charge in [-0.25, -0.2) is 0 Å². The molecule has 0 aromatic heterocycles. The molecule has 0 fully saturated rings. The summed E-state index contributed by atoms with van der Waals surface area (Å²) < 4.78 is 0. The number of rotatable bonds is 6. The standard InChI is InChI=1S/C19H28N2O3/c1-5-17(23)21-9-8-14-10-15(6-7-16(14)21)18(24)20-12-19(3,4)11-13(2)22/h6-7,10,13,22H,5,8-9,11-12H2,1-4H3,(H,20,24). The van der Waals surface area contributed by atoms with E-state index in [4.69, 9.17) is 0 Å². The first-order valence-electron chi connectivity index (χ1n) is 8.63. The van der Waals surface area contributed by atoms with Crippen molar-refractivity contribution in [2.24, 2.45) is 5.41 Å². The zero-order chi connectivity index (χ0) is 17.9. The van der Waals surface area contributed by atoms with Crippen molar-refractivity contribution in [3.05, 3.63) is 29.3 Å². The summed E-state index contributed by atoms with van der Waals surface area (Å²) >= 11 is 0. The number of anilines is 1. The van der Waals surface area contributed by atoms with E-state index >= 15 is 0 Å². The molecule has 132 valence electrons. The van der Waals surface area contributed by atoms with Crippen molar-refractivity contribution in [2.45, 2.75) is 53.1 Å². The van der Waals surface area contributed by atoms with Gasteiger partial charge in [0, 0.05) is 30.8 Å². The Bertz CT molecular complexity index is 623. The van der Waals surface area contributed by atoms with Crippen molar-refractivity contribution in [3.63, 3.8) is 0 Å². The van der Waals surface area contributed by atoms with Crippen molar-refractivity contribution in [1.29, 1.82) is 0 Å². The van der Waals surface area contributed by atoms with Crippen molar-refractivity contribution >= 4 is 17.5 Å². The maximum atomic E-state index is 12.4. The summed E-state index contributed by atoms with van der Waals surface area (Å²) in [6, 6.07) is 5.53. The fourth-order valence-corrected chi connectivity index (χ4v) is 3.29. The van der Waals surface area contributed by atoms with Gasteiger partial charge in [-0.3, -0.25) is 9.59 Å². The average molecular weight is 332 g/mol. The lowest BCUT2D eigenvalue weighted by Crippen LogP contribution is -2.35. The highest BCUT2D eigenvalue weighted by atomic mass is 16.3. The minimum Gasteiger partial charge on any atom is -0.393 e. The Balaban J connectivity index is 2.03. The van der Waals surface area contributed by atoms with Gasteiger partial charge in [-0.1, -0.05) is 20.8 Å². The van der Waals surface area contributed by atoms with Crippen LogP contribution in [0.15, 0.2) is 18.2 Å². The van der Waals surface area contributed by atoms with Crippen LogP contribution in [0.5, 0.6) is 0 Å². The lowest BCUT2D eigenvalue weighted by atomic mass is 9.87. The molecular weight excluding hydrogens is 304 g/mol. The number of amides is 2. The van der Waals surface area contributed by atoms with Gasteiger partial charge in [0.15, 0.2) is 0 Å². The molecular formula is C19H28N2O3. The second-order valence-corrected chi connectivity index (χ2v) is 7.39. The van der Waals surface area contributed by atoms with E-state index in [0.717, 1.165) is 17.7 Å². The van der Waals surface area contributed by atoms with Gasteiger partial charge < -0.3 is 15.3 Å². The molecule has 0 bridgehead atoms. The number of fused-ring (bicyclic) bond motifs is 1. The summed E-state index contributed by atoms with van der Waals surface area (Å²) in [6.07, 6.45) is 1.51. The summed E-state index contributed by atoms with van der Waals surface area (Å²) in [4.78, 5) is 26.1. The lowest BCUT2D eigenvalue weighted by molar-refractivity contribution is -0.118. The van der Waals surface area contributed by atoms with Crippen LogP contribution in [0.4, 0.5) is 5.69 Å². The number of carbonyl (C=O) groups is 2. The molecule has 1 unspecified atom stereocenters. The van der Waals surface area contributed by atoms with E-state index in [1.54, 1.807) is 17.9 Å². The Morgan fingerprint density at radius 2 is 2.08 bits per heavy atom. The zero-order valence-corrected chi connectivity index (χ0v) is 15.1. The third-order valence-corrected chi connectivity index (χ3v) is 4.42. The van der Waals surface area contributed by atoms with Gasteiger partial charge in [0.1, 0.15) is 0 Å². The van der Waals surface area contributed by atoms with Gasteiger partial charge in [-0.05, 0) is 48.9 Å². The fraction of sp³-hybridized carbons (Fsp3) is 0.579. The Hall–Kier alpha value is -1.88. The third-order valence-electron chi connectivity index (χ3n) is 4.42. The van der Waals surface area contributed by atoms with Gasteiger partial charge in [-0.2, -0.15) is 0 Å². The number of hydrogen-bond acceptors (Lipinski definition) is 3. The van der Waals surface area contributed by atoms with E-state index in [0.29, 0.717) is 31.5 Å². The van der Waals surface area contributed by atoms with E-state index in [9.17, 15) is 14.7 Å². The largest absolute Gasteiger partial charge is 0.393 e. The average Bonchev–Trinajstić information content (AvgIpc) is 2.93. The summed E-state index contributed by atoms with van der Waals surface area (Å²) in [5, 5.41) is 12.5. The maximum absolute atomic E-state index is 12.4. The van der Waals surface area contributed by atoms with Crippen LogP contribution in [0, 0.1) is 5.41 Å². The molecule has 0 spiro atoms. The van der Waals surface area contributed by atoms with Crippen LogP contribution in [0.25, 0.3) is 0 Å². The third kappa shape index (κ3) is 4.35. The molecule has 1 aromatic carbocycles. The van der Waals surface area contributed by atoms with Crippen molar-refractivity contribution in [2.75, 3.05) is 18.0 Å². The number of benzene rings is 1. The second kappa shape index (κ2) is 7.34. The SMILES string of the molecule is CCC(=O)N1CCc2cc(C(=O)NCC(C)(C)CC(C)O)ccc21. The second-order valence-electron chi connectivity index (χ2n) is 7.39. The maximum Gasteiger partial charge on any atom is 0.251 e. The van der Waals surface area contributed by atoms with E-state index in [-0.39, 0.29) is 23.3 Å². The Morgan fingerprint density at radius 3 is 2.71 bits per heavy atom. The molecule has 2 rings (SSSR count). The summed E-state index contributed by atoms with van der Waals surface area (Å²) in [6.45, 7) is 8.86. The molecule has 1 atom stereocenters. The molecule has 1 aromatic rings. The molecule has 2 N–H and O–H groups in total. The molecule has 5 heteroatoms. The highest BCUT2D eigenvalue weighted by Crippen LogP contribution is 2.29. The van der Waals surface area contributed by atoms with Gasteiger partial charge in [0.25, 0.3) is 5.91 Å². The zero-order valence-electron chi connectivity index (χ0n) is 15.1. The molecule has 1 aliphatic rings. The van der Waals surface area contributed by atoms with Crippen molar-refractivity contribution in [1.82, 2.24) is 5.32 Å². The van der Waals surface area contributed by atoms with Crippen LogP contribution in [0.1, 0.15) is 56.5 Å². The molecule has 1 aliphatic heterocycles. The summed E-state index contributed by atoms with van der Waals surface area (Å²) in [5.41, 5.74) is 2.43. The van der Waals surface area contributed by atoms with E-state index in [1.807, 2.05) is 32.9 Å². The minimum absolute atomic E-state index is 0.114. The summed E-state index contributed by atoms with van der Waals surface area (Å²) in [5.74, 6) is 0.00237. The van der Waals surface area contributed by atoms with Crippen LogP contribution < -0.4 is 10.2 Å². The van der Waals surface area contributed by atoms with Gasteiger partial charge >= 0.3 is 0 Å². The predicted molar refractivity (Wildman–Crippen MR) is 95.2 cm³/mol. The number of nitrogens with one attached hydrogen (secondary N) is 1. The molecule has 0 radical (unpaired) electrons. The van der Waals surface area contributed by atoms with Crippen LogP contribution in [0.2, 0.25) is 0 Å². The Kier molecular flexibility index (Phi) is 5.65. The normalized spacial score (nSPS) is 15.1. The topological polar surface area (TPSA) is 69.6 Å². The molecule has 24 heavy (non-hydrogen) atoms. The van der Waals surface area contributed by atoms with Crippen LogP contribution >= 0.6 is 0 Å². The van der Waals surface area contributed by atoms with Crippen LogP contribution in [-0.2, 0) is 11.2 Å². The minimum atomic E-state index is -0.390. The van der Waals surface area contributed by atoms with Gasteiger partial charge in [-0.15, -0.1) is 0 Å². The number of nitrogens with zero attached hydrogens (tertiary/aromatic N) is 1. The molecule has 0 saturated heterocycles. The Labute approximate surface area is 144 Å². The van der Waals surface area contributed by atoms with Gasteiger partial charge in [0.05, 0.1) is 6.10 Å². The number of hydrogen-bond donors (Lipinski definition) is 2. The molecule has 2 amide bonds.